The van der Waals surface area contributed by atoms with Crippen molar-refractivity contribution >= 4 is 17.5 Å². The molecule has 29 heavy (non-hydrogen) atoms. The summed E-state index contributed by atoms with van der Waals surface area (Å²) in [5.41, 5.74) is 2.54. The number of nitrogens with zero attached hydrogens (tertiary/aromatic N) is 1. The van der Waals surface area contributed by atoms with Crippen molar-refractivity contribution in [3.05, 3.63) is 75.3 Å². The SMILES string of the molecule is CC(C)Cc1ccc([C@H](C)NC(=O)CCNC(=O)c2ccc([N+](=O)[O-])cc2)cc1. The Morgan fingerprint density at radius 1 is 1.00 bits per heavy atom. The molecule has 2 N–H and O–H groups in total. The lowest BCUT2D eigenvalue weighted by Gasteiger charge is -2.15. The number of amides is 2. The van der Waals surface area contributed by atoms with E-state index in [1.54, 1.807) is 0 Å². The van der Waals surface area contributed by atoms with Crippen molar-refractivity contribution < 1.29 is 14.5 Å². The van der Waals surface area contributed by atoms with Gasteiger partial charge >= 0.3 is 0 Å². The first-order valence-corrected chi connectivity index (χ1v) is 9.67. The second-order valence-corrected chi connectivity index (χ2v) is 7.44. The van der Waals surface area contributed by atoms with E-state index in [1.165, 1.54) is 29.8 Å². The molecule has 0 unspecified atom stereocenters. The smallest absolute Gasteiger partial charge is 0.269 e. The van der Waals surface area contributed by atoms with E-state index in [-0.39, 0.29) is 36.5 Å². The largest absolute Gasteiger partial charge is 0.352 e. The van der Waals surface area contributed by atoms with Crippen LogP contribution in [0.1, 0.15) is 54.7 Å². The number of hydrogen-bond acceptors (Lipinski definition) is 4. The zero-order valence-corrected chi connectivity index (χ0v) is 17.0. The molecule has 0 saturated carbocycles. The lowest BCUT2D eigenvalue weighted by atomic mass is 10.00. The molecule has 0 aliphatic carbocycles. The summed E-state index contributed by atoms with van der Waals surface area (Å²) in [6, 6.07) is 13.4. The molecule has 2 amide bonds. The average molecular weight is 397 g/mol. The Balaban J connectivity index is 1.77. The number of nitro benzene ring substituents is 1. The molecule has 0 heterocycles. The number of nitro groups is 1. The first-order chi connectivity index (χ1) is 13.8. The molecule has 0 aromatic heterocycles. The van der Waals surface area contributed by atoms with Crippen LogP contribution in [0.2, 0.25) is 0 Å². The maximum Gasteiger partial charge on any atom is 0.269 e. The standard InChI is InChI=1S/C22H27N3O4/c1-15(2)14-17-4-6-18(7-5-17)16(3)24-21(26)12-13-23-22(27)19-8-10-20(11-9-19)25(28)29/h4-11,15-16H,12-14H2,1-3H3,(H,23,27)(H,24,26)/t16-/m0/s1. The van der Waals surface area contributed by atoms with Crippen molar-refractivity contribution in [1.82, 2.24) is 10.6 Å². The molecule has 0 fully saturated rings. The number of rotatable bonds is 9. The molecule has 0 bridgehead atoms. The van der Waals surface area contributed by atoms with Gasteiger partial charge in [-0.3, -0.25) is 19.7 Å². The Hall–Kier alpha value is -3.22. The number of non-ortho nitro benzene ring substituents is 1. The first-order valence-electron chi connectivity index (χ1n) is 9.67. The third-order valence-electron chi connectivity index (χ3n) is 4.48. The van der Waals surface area contributed by atoms with Crippen LogP contribution < -0.4 is 10.6 Å². The van der Waals surface area contributed by atoms with E-state index in [4.69, 9.17) is 0 Å². The zero-order chi connectivity index (χ0) is 21.4. The van der Waals surface area contributed by atoms with Crippen molar-refractivity contribution in [2.45, 2.75) is 39.7 Å². The quantitative estimate of drug-likeness (QED) is 0.496. The third kappa shape index (κ3) is 7.03. The fourth-order valence-corrected chi connectivity index (χ4v) is 2.94. The van der Waals surface area contributed by atoms with Crippen LogP contribution in [-0.4, -0.2) is 23.3 Å². The summed E-state index contributed by atoms with van der Waals surface area (Å²) < 4.78 is 0. The van der Waals surface area contributed by atoms with Gasteiger partial charge in [0.2, 0.25) is 5.91 Å². The number of hydrogen-bond donors (Lipinski definition) is 2. The summed E-state index contributed by atoms with van der Waals surface area (Å²) in [4.78, 5) is 34.3. The van der Waals surface area contributed by atoms with Gasteiger partial charge in [-0.05, 0) is 42.5 Å². The normalized spacial score (nSPS) is 11.7. The third-order valence-corrected chi connectivity index (χ3v) is 4.48. The summed E-state index contributed by atoms with van der Waals surface area (Å²) in [6.45, 7) is 6.46. The molecule has 0 aliphatic heterocycles. The number of carbonyl (C=O) groups is 2. The van der Waals surface area contributed by atoms with E-state index in [9.17, 15) is 19.7 Å². The van der Waals surface area contributed by atoms with Crippen molar-refractivity contribution in [3.63, 3.8) is 0 Å². The van der Waals surface area contributed by atoms with Crippen molar-refractivity contribution in [1.29, 1.82) is 0 Å². The first kappa shape index (κ1) is 22.1. The highest BCUT2D eigenvalue weighted by Crippen LogP contribution is 2.16. The highest BCUT2D eigenvalue weighted by Gasteiger charge is 2.12. The van der Waals surface area contributed by atoms with Gasteiger partial charge < -0.3 is 10.6 Å². The minimum absolute atomic E-state index is 0.0767. The van der Waals surface area contributed by atoms with Crippen LogP contribution >= 0.6 is 0 Å². The average Bonchev–Trinajstić information content (AvgIpc) is 2.68. The maximum atomic E-state index is 12.1. The molecule has 7 heteroatoms. The lowest BCUT2D eigenvalue weighted by Crippen LogP contribution is -2.32. The van der Waals surface area contributed by atoms with Crippen LogP contribution in [0.15, 0.2) is 48.5 Å². The van der Waals surface area contributed by atoms with Gasteiger partial charge in [0, 0.05) is 30.7 Å². The fraction of sp³-hybridized carbons (Fsp3) is 0.364. The summed E-state index contributed by atoms with van der Waals surface area (Å²) >= 11 is 0. The number of benzene rings is 2. The minimum Gasteiger partial charge on any atom is -0.352 e. The van der Waals surface area contributed by atoms with Gasteiger partial charge in [-0.2, -0.15) is 0 Å². The summed E-state index contributed by atoms with van der Waals surface area (Å²) in [7, 11) is 0. The molecule has 7 nitrogen and oxygen atoms in total. The minimum atomic E-state index is -0.523. The maximum absolute atomic E-state index is 12.1. The van der Waals surface area contributed by atoms with Crippen LogP contribution in [-0.2, 0) is 11.2 Å². The Bertz CT molecular complexity index is 845. The number of nitrogens with one attached hydrogen (secondary N) is 2. The van der Waals surface area contributed by atoms with Gasteiger partial charge in [0.15, 0.2) is 0 Å². The highest BCUT2D eigenvalue weighted by atomic mass is 16.6. The van der Waals surface area contributed by atoms with Gasteiger partial charge in [0.05, 0.1) is 11.0 Å². The van der Waals surface area contributed by atoms with Gasteiger partial charge in [-0.15, -0.1) is 0 Å². The molecule has 154 valence electrons. The highest BCUT2D eigenvalue weighted by molar-refractivity contribution is 5.94. The van der Waals surface area contributed by atoms with E-state index >= 15 is 0 Å². The molecule has 0 radical (unpaired) electrons. The molecule has 2 aromatic rings. The van der Waals surface area contributed by atoms with E-state index in [0.717, 1.165) is 12.0 Å². The van der Waals surface area contributed by atoms with E-state index in [0.29, 0.717) is 11.5 Å². The predicted molar refractivity (Wildman–Crippen MR) is 112 cm³/mol. The molecule has 0 saturated heterocycles. The second-order valence-electron chi connectivity index (χ2n) is 7.44. The van der Waals surface area contributed by atoms with Crippen molar-refractivity contribution in [2.24, 2.45) is 5.92 Å². The second kappa shape index (κ2) is 10.4. The molecule has 1 atom stereocenters. The number of carbonyl (C=O) groups excluding carboxylic acids is 2. The van der Waals surface area contributed by atoms with Gasteiger partial charge in [0.1, 0.15) is 0 Å². The summed E-state index contributed by atoms with van der Waals surface area (Å²) in [6.07, 6.45) is 1.17. The predicted octanol–water partition coefficient (Wildman–Crippen LogP) is 3.79. The van der Waals surface area contributed by atoms with Crippen LogP contribution in [0, 0.1) is 16.0 Å². The van der Waals surface area contributed by atoms with Crippen LogP contribution in [0.4, 0.5) is 5.69 Å². The summed E-state index contributed by atoms with van der Waals surface area (Å²) in [5.74, 6) is 0.0634. The van der Waals surface area contributed by atoms with E-state index in [1.807, 2.05) is 19.1 Å². The van der Waals surface area contributed by atoms with Gasteiger partial charge in [-0.1, -0.05) is 38.1 Å². The van der Waals surface area contributed by atoms with Gasteiger partial charge in [0.25, 0.3) is 11.6 Å². The Labute approximate surface area is 170 Å². The molecular formula is C22H27N3O4. The molecule has 0 spiro atoms. The van der Waals surface area contributed by atoms with Gasteiger partial charge in [-0.25, -0.2) is 0 Å². The Morgan fingerprint density at radius 3 is 2.17 bits per heavy atom. The Morgan fingerprint density at radius 2 is 1.62 bits per heavy atom. The Kier molecular flexibility index (Phi) is 7.88. The van der Waals surface area contributed by atoms with E-state index in [2.05, 4.69) is 36.6 Å². The zero-order valence-electron chi connectivity index (χ0n) is 17.0. The lowest BCUT2D eigenvalue weighted by molar-refractivity contribution is -0.384. The van der Waals surface area contributed by atoms with Crippen LogP contribution in [0.5, 0.6) is 0 Å². The fourth-order valence-electron chi connectivity index (χ4n) is 2.94. The van der Waals surface area contributed by atoms with Crippen LogP contribution in [0.3, 0.4) is 0 Å². The molecule has 2 aromatic carbocycles. The molecular weight excluding hydrogens is 370 g/mol. The topological polar surface area (TPSA) is 101 Å². The van der Waals surface area contributed by atoms with Crippen LogP contribution in [0.25, 0.3) is 0 Å². The molecule has 2 rings (SSSR count). The monoisotopic (exact) mass is 397 g/mol. The summed E-state index contributed by atoms with van der Waals surface area (Å²) in [5, 5.41) is 16.2. The van der Waals surface area contributed by atoms with E-state index < -0.39 is 4.92 Å². The van der Waals surface area contributed by atoms with Crippen molar-refractivity contribution in [3.8, 4) is 0 Å². The molecule has 0 aliphatic rings. The van der Waals surface area contributed by atoms with Crippen molar-refractivity contribution in [2.75, 3.05) is 6.54 Å².